The number of unbranched alkanes of at least 4 members (excludes halogenated alkanes) is 6. The number of anilines is 4. The van der Waals surface area contributed by atoms with Crippen LogP contribution >= 0.6 is 0 Å². The summed E-state index contributed by atoms with van der Waals surface area (Å²) < 4.78 is 30.8. The lowest BCUT2D eigenvalue weighted by Crippen LogP contribution is -2.35. The zero-order chi connectivity index (χ0) is 77.4. The first kappa shape index (κ1) is 77.1. The molecular formula is C90H95N5O15. The van der Waals surface area contributed by atoms with Crippen LogP contribution in [-0.4, -0.2) is 97.5 Å². The molecule has 4 heterocycles. The quantitative estimate of drug-likeness (QED) is 0.0140. The van der Waals surface area contributed by atoms with Crippen molar-refractivity contribution in [2.24, 2.45) is 47.3 Å². The van der Waals surface area contributed by atoms with Crippen molar-refractivity contribution in [2.75, 3.05) is 53.5 Å². The summed E-state index contributed by atoms with van der Waals surface area (Å²) in [5.74, 6) is -7.21. The molecule has 6 aliphatic rings. The number of carbonyl (C=O) groups excluding carboxylic acids is 10. The summed E-state index contributed by atoms with van der Waals surface area (Å²) in [6.45, 7) is 14.1. The highest BCUT2D eigenvalue weighted by molar-refractivity contribution is 6.25. The summed E-state index contributed by atoms with van der Waals surface area (Å²) in [7, 11) is 1.45. The summed E-state index contributed by atoms with van der Waals surface area (Å²) in [6.07, 6.45) is 14.3. The average molecular weight is 1490 g/mol. The maximum atomic E-state index is 14.9. The number of allylic oxidation sites excluding steroid dienone is 2. The van der Waals surface area contributed by atoms with Crippen LogP contribution in [0.1, 0.15) is 156 Å². The van der Waals surface area contributed by atoms with E-state index in [0.29, 0.717) is 107 Å². The largest absolute Gasteiger partial charge is 0.490 e. The standard InChI is InChI=1S/C90H95N5O15/c1-8-11-13-15-39-107-77-51-65(43-59(22-19-38-106-37-10-3)82(77)108-40-16-14-12-9-2)90(105)110-72-33-27-66(28-34-72)91-83(98)64-45-60(44-61(46-64)58-21-18-24-69(48-58)95-87(102)76-49-62(41-55(5)81(76)89(95)104)73-52-78(96)92(7)84(73)99)57-20-17-23-68(47-57)93-79(97)53-74(85(93)100)63-42-56(6)80-75(50-63)86(101)94(88(80)103)67-29-35-71(36-30-67)109-70-31-25-54(4)26-32-70/h17-18,20-21,23-36,41-48,51,62-63,73-76,80-81H,8-16,19,22,37-40,49-50,52-53H2,1-7H3,(H,91,98). The number of hydrogen-bond acceptors (Lipinski definition) is 15. The van der Waals surface area contributed by atoms with Gasteiger partial charge in [-0.2, -0.15) is 0 Å². The van der Waals surface area contributed by atoms with Crippen molar-refractivity contribution in [1.29, 1.82) is 0 Å². The average Bonchev–Trinajstić information content (AvgIpc) is 1.59. The molecule has 20 heteroatoms. The minimum atomic E-state index is -0.840. The van der Waals surface area contributed by atoms with Gasteiger partial charge in [0.15, 0.2) is 11.5 Å². The topological polar surface area (TPSA) is 242 Å². The van der Waals surface area contributed by atoms with Crippen molar-refractivity contribution < 1.29 is 71.6 Å². The fourth-order valence-electron chi connectivity index (χ4n) is 16.4. The van der Waals surface area contributed by atoms with Crippen molar-refractivity contribution in [3.63, 3.8) is 0 Å². The number of ether oxygens (including phenoxy) is 5. The molecule has 4 aliphatic heterocycles. The van der Waals surface area contributed by atoms with E-state index in [2.05, 4.69) is 26.1 Å². The van der Waals surface area contributed by atoms with Crippen LogP contribution in [-0.2, 0) is 49.5 Å². The van der Waals surface area contributed by atoms with E-state index in [0.717, 1.165) is 78.7 Å². The smallest absolute Gasteiger partial charge is 0.343 e. The number of likely N-dealkylation sites (tertiary alicyclic amines) is 1. The van der Waals surface area contributed by atoms with Gasteiger partial charge in [-0.15, -0.1) is 0 Å². The SMILES string of the molecule is CCCCCCOc1cc(C(=O)Oc2ccc(NC(=O)c3cc(-c4cccc(N5C(=O)CC(C6C=C(C)C7C(=O)N(c8ccc(Oc9ccc(C)cc9)cc8)C(=O)C7C6)C5=O)c4)cc(-c4cccc(N5C(=O)C6CC(C7CC(=O)N(C)C7=O)C=C(C)C6C5=O)c4)c3)cc2)cc(CCCOCCC)c1OCCCCCC. The predicted octanol–water partition coefficient (Wildman–Crippen LogP) is 16.6. The van der Waals surface area contributed by atoms with Crippen LogP contribution < -0.4 is 39.0 Å². The lowest BCUT2D eigenvalue weighted by atomic mass is 9.71. The molecule has 1 N–H and O–H groups in total. The highest BCUT2D eigenvalue weighted by Crippen LogP contribution is 2.49. The number of imide groups is 4. The minimum Gasteiger partial charge on any atom is -0.490 e. The van der Waals surface area contributed by atoms with Gasteiger partial charge in [0.2, 0.25) is 47.3 Å². The van der Waals surface area contributed by atoms with E-state index in [-0.39, 0.29) is 77.6 Å². The third kappa shape index (κ3) is 16.6. The number of amides is 9. The van der Waals surface area contributed by atoms with Gasteiger partial charge in [0, 0.05) is 44.4 Å². The fraction of sp³-hybridized carbons (Fsp3) is 0.378. The van der Waals surface area contributed by atoms with Gasteiger partial charge in [0.1, 0.15) is 17.2 Å². The van der Waals surface area contributed by atoms with Gasteiger partial charge < -0.3 is 29.0 Å². The Morgan fingerprint density at radius 3 is 1.56 bits per heavy atom. The number of fused-ring (bicyclic) bond motifs is 2. The molecule has 8 atom stereocenters. The number of esters is 1. The number of hydrogen-bond donors (Lipinski definition) is 1. The Kier molecular flexibility index (Phi) is 24.0. The van der Waals surface area contributed by atoms with Crippen molar-refractivity contribution in [2.45, 2.75) is 138 Å². The molecule has 8 unspecified atom stereocenters. The molecule has 13 rings (SSSR count). The third-order valence-corrected chi connectivity index (χ3v) is 22.2. The van der Waals surface area contributed by atoms with Gasteiger partial charge in [-0.25, -0.2) is 14.6 Å². The molecule has 0 bridgehead atoms. The molecule has 2 aliphatic carbocycles. The summed E-state index contributed by atoms with van der Waals surface area (Å²) in [5.41, 5.74) is 7.06. The molecule has 0 spiro atoms. The van der Waals surface area contributed by atoms with Crippen LogP contribution in [0.25, 0.3) is 22.3 Å². The van der Waals surface area contributed by atoms with Gasteiger partial charge >= 0.3 is 5.97 Å². The normalized spacial score (nSPS) is 21.0. The van der Waals surface area contributed by atoms with Gasteiger partial charge in [-0.1, -0.05) is 125 Å². The van der Waals surface area contributed by atoms with Crippen LogP contribution in [0.3, 0.4) is 0 Å². The first-order valence-electron chi connectivity index (χ1n) is 38.8. The maximum Gasteiger partial charge on any atom is 0.343 e. The highest BCUT2D eigenvalue weighted by atomic mass is 16.5. The molecule has 0 radical (unpaired) electrons. The lowest BCUT2D eigenvalue weighted by Gasteiger charge is -2.29. The van der Waals surface area contributed by atoms with Crippen LogP contribution in [0.2, 0.25) is 0 Å². The highest BCUT2D eigenvalue weighted by Gasteiger charge is 2.56. The second kappa shape index (κ2) is 34.2. The summed E-state index contributed by atoms with van der Waals surface area (Å²) >= 11 is 0. The second-order valence-corrected chi connectivity index (χ2v) is 30.0. The number of aryl methyl sites for hydroxylation is 2. The molecule has 110 heavy (non-hydrogen) atoms. The van der Waals surface area contributed by atoms with Crippen molar-refractivity contribution in [1.82, 2.24) is 4.90 Å². The predicted molar refractivity (Wildman–Crippen MR) is 419 cm³/mol. The monoisotopic (exact) mass is 1490 g/mol. The van der Waals surface area contributed by atoms with Gasteiger partial charge in [-0.05, 0) is 221 Å². The van der Waals surface area contributed by atoms with Crippen molar-refractivity contribution in [3.8, 4) is 51.0 Å². The number of benzene rings is 7. The number of nitrogens with zero attached hydrogens (tertiary/aromatic N) is 4. The van der Waals surface area contributed by atoms with E-state index in [9.17, 15) is 47.9 Å². The van der Waals surface area contributed by atoms with Crippen LogP contribution in [0.5, 0.6) is 28.7 Å². The van der Waals surface area contributed by atoms with E-state index in [1.54, 1.807) is 129 Å². The molecule has 4 saturated heterocycles. The molecule has 0 saturated carbocycles. The molecular weight excluding hydrogens is 1390 g/mol. The molecule has 0 aromatic heterocycles. The number of carbonyl (C=O) groups is 10. The van der Waals surface area contributed by atoms with Crippen LogP contribution in [0.15, 0.2) is 175 Å². The molecule has 570 valence electrons. The Balaban J connectivity index is 0.761. The lowest BCUT2D eigenvalue weighted by molar-refractivity contribution is -0.138. The molecule has 7 aromatic carbocycles. The Hall–Kier alpha value is -11.1. The van der Waals surface area contributed by atoms with Crippen LogP contribution in [0, 0.1) is 54.3 Å². The molecule has 7 aromatic rings. The number of rotatable bonds is 31. The summed E-state index contributed by atoms with van der Waals surface area (Å²) in [5, 5.41) is 3.01. The molecule has 9 amide bonds. The van der Waals surface area contributed by atoms with E-state index in [1.807, 2.05) is 55.5 Å². The van der Waals surface area contributed by atoms with Crippen molar-refractivity contribution >= 4 is 81.9 Å². The first-order valence-corrected chi connectivity index (χ1v) is 38.8. The van der Waals surface area contributed by atoms with E-state index < -0.39 is 82.8 Å². The third-order valence-electron chi connectivity index (χ3n) is 22.2. The van der Waals surface area contributed by atoms with Crippen molar-refractivity contribution in [3.05, 3.63) is 197 Å². The number of nitrogens with one attached hydrogen (secondary N) is 1. The van der Waals surface area contributed by atoms with E-state index >= 15 is 0 Å². The molecule has 20 nitrogen and oxygen atoms in total. The maximum absolute atomic E-state index is 14.9. The Bertz CT molecular complexity index is 4740. The van der Waals surface area contributed by atoms with E-state index in [4.69, 9.17) is 23.7 Å². The van der Waals surface area contributed by atoms with Crippen LogP contribution in [0.4, 0.5) is 22.7 Å². The Morgan fingerprint density at radius 2 is 0.991 bits per heavy atom. The molecule has 4 fully saturated rings. The summed E-state index contributed by atoms with van der Waals surface area (Å²) in [4.78, 5) is 147. The van der Waals surface area contributed by atoms with Gasteiger partial charge in [0.25, 0.3) is 5.91 Å². The zero-order valence-corrected chi connectivity index (χ0v) is 63.6. The fourth-order valence-corrected chi connectivity index (χ4v) is 16.4. The Labute approximate surface area is 642 Å². The first-order chi connectivity index (χ1) is 53.2. The summed E-state index contributed by atoms with van der Waals surface area (Å²) in [6, 6.07) is 43.2. The zero-order valence-electron chi connectivity index (χ0n) is 63.6. The Morgan fingerprint density at radius 1 is 0.455 bits per heavy atom. The van der Waals surface area contributed by atoms with Gasteiger partial charge in [-0.3, -0.25) is 53.0 Å². The van der Waals surface area contributed by atoms with Gasteiger partial charge in [0.05, 0.1) is 71.3 Å². The second-order valence-electron chi connectivity index (χ2n) is 30.0. The van der Waals surface area contributed by atoms with E-state index in [1.165, 1.54) is 16.8 Å². The minimum absolute atomic E-state index is 0.0233.